The molecule has 1 heterocycles. The van der Waals surface area contributed by atoms with Crippen molar-refractivity contribution in [2.45, 2.75) is 25.7 Å². The maximum atomic E-state index is 13.6. The topological polar surface area (TPSA) is 92.8 Å². The number of aryl methyl sites for hydroxylation is 1. The van der Waals surface area contributed by atoms with Crippen molar-refractivity contribution in [2.75, 3.05) is 16.8 Å². The summed E-state index contributed by atoms with van der Waals surface area (Å²) >= 11 is 3.42. The molecule has 3 fully saturated rings. The van der Waals surface area contributed by atoms with Crippen molar-refractivity contribution < 1.29 is 23.9 Å². The molecule has 3 amide bonds. The number of rotatable bonds is 6. The number of hydrogen-bond acceptors (Lipinski definition) is 5. The molecule has 8 heteroatoms. The lowest BCUT2D eigenvalue weighted by Crippen LogP contribution is -2.33. The van der Waals surface area contributed by atoms with E-state index in [9.17, 15) is 19.2 Å². The fourth-order valence-corrected chi connectivity index (χ4v) is 6.95. The van der Waals surface area contributed by atoms with Crippen LogP contribution in [0.25, 0.3) is 0 Å². The third-order valence-electron chi connectivity index (χ3n) is 8.36. The van der Waals surface area contributed by atoms with Gasteiger partial charge in [-0.05, 0) is 85.0 Å². The molecule has 0 unspecified atom stereocenters. The second kappa shape index (κ2) is 10.1. The Morgan fingerprint density at radius 1 is 0.949 bits per heavy atom. The fourth-order valence-electron chi connectivity index (χ4n) is 6.70. The Morgan fingerprint density at radius 2 is 1.72 bits per heavy atom. The third-order valence-corrected chi connectivity index (χ3v) is 9.25. The number of anilines is 2. The molecule has 1 N–H and O–H groups in total. The molecular weight excluding hydrogens is 560 g/mol. The molecular formula is C31H27BrN2O5. The van der Waals surface area contributed by atoms with Crippen molar-refractivity contribution >= 4 is 51.0 Å². The van der Waals surface area contributed by atoms with E-state index in [0.717, 1.165) is 22.9 Å². The van der Waals surface area contributed by atoms with Crippen LogP contribution in [0, 0.1) is 30.6 Å². The van der Waals surface area contributed by atoms with E-state index in [1.807, 2.05) is 31.2 Å². The number of halogens is 1. The van der Waals surface area contributed by atoms with Gasteiger partial charge in [-0.1, -0.05) is 52.3 Å². The number of hydrogen-bond donors (Lipinski definition) is 1. The highest BCUT2D eigenvalue weighted by molar-refractivity contribution is 9.10. The number of benzene rings is 3. The van der Waals surface area contributed by atoms with E-state index in [0.29, 0.717) is 11.4 Å². The van der Waals surface area contributed by atoms with Crippen molar-refractivity contribution in [3.63, 3.8) is 0 Å². The molecule has 2 bridgehead atoms. The van der Waals surface area contributed by atoms with Crippen LogP contribution in [-0.4, -0.2) is 30.3 Å². The van der Waals surface area contributed by atoms with Crippen LogP contribution in [-0.2, 0) is 19.1 Å². The second-order valence-corrected chi connectivity index (χ2v) is 11.5. The van der Waals surface area contributed by atoms with E-state index < -0.39 is 18.5 Å². The zero-order valence-electron chi connectivity index (χ0n) is 21.3. The molecule has 39 heavy (non-hydrogen) atoms. The monoisotopic (exact) mass is 586 g/mol. The van der Waals surface area contributed by atoms with Crippen LogP contribution >= 0.6 is 15.9 Å². The summed E-state index contributed by atoms with van der Waals surface area (Å²) in [6, 6.07) is 21.9. The van der Waals surface area contributed by atoms with Crippen LogP contribution in [0.2, 0.25) is 0 Å². The van der Waals surface area contributed by atoms with Crippen LogP contribution in [0.5, 0.6) is 0 Å². The minimum absolute atomic E-state index is 0.144. The van der Waals surface area contributed by atoms with Gasteiger partial charge in [0.1, 0.15) is 0 Å². The highest BCUT2D eigenvalue weighted by Gasteiger charge is 2.64. The first-order valence-electron chi connectivity index (χ1n) is 13.1. The minimum Gasteiger partial charge on any atom is -0.452 e. The summed E-state index contributed by atoms with van der Waals surface area (Å²) < 4.78 is 6.15. The molecule has 2 saturated carbocycles. The van der Waals surface area contributed by atoms with Crippen LogP contribution in [0.3, 0.4) is 0 Å². The lowest BCUT2D eigenvalue weighted by molar-refractivity contribution is -0.123. The molecule has 1 aliphatic heterocycles. The minimum atomic E-state index is -0.706. The maximum absolute atomic E-state index is 13.6. The van der Waals surface area contributed by atoms with E-state index in [1.165, 1.54) is 16.5 Å². The van der Waals surface area contributed by atoms with E-state index >= 15 is 0 Å². The highest BCUT2D eigenvalue weighted by atomic mass is 79.9. The van der Waals surface area contributed by atoms with Gasteiger partial charge in [0.15, 0.2) is 6.61 Å². The summed E-state index contributed by atoms with van der Waals surface area (Å²) in [6.45, 7) is 1.44. The van der Waals surface area contributed by atoms with Gasteiger partial charge in [-0.25, -0.2) is 4.79 Å². The molecule has 0 aromatic heterocycles. The Bertz CT molecular complexity index is 1490. The summed E-state index contributed by atoms with van der Waals surface area (Å²) in [5.74, 6) is -1.57. The molecule has 1 saturated heterocycles. The van der Waals surface area contributed by atoms with Crippen LogP contribution < -0.4 is 10.2 Å². The molecule has 3 aromatic carbocycles. The number of carbonyl (C=O) groups is 4. The van der Waals surface area contributed by atoms with Gasteiger partial charge in [0, 0.05) is 10.2 Å². The van der Waals surface area contributed by atoms with Crippen LogP contribution in [0.15, 0.2) is 77.3 Å². The number of esters is 1. The van der Waals surface area contributed by atoms with Gasteiger partial charge in [0.25, 0.3) is 5.91 Å². The quantitative estimate of drug-likeness (QED) is 0.305. The van der Waals surface area contributed by atoms with Crippen molar-refractivity contribution in [3.05, 3.63) is 94.0 Å². The molecule has 6 rings (SSSR count). The molecule has 7 nitrogen and oxygen atoms in total. The Kier molecular flexibility index (Phi) is 6.59. The number of fused-ring (bicyclic) bond motifs is 5. The first-order chi connectivity index (χ1) is 18.8. The SMILES string of the molecule is Cc1cc(NC(=O)COC(=O)c2cccc(N3C(=O)[C@@H]4[C@@H]5C[C@@H]([C@@H]4C3=O)[C@@H](c3ccccc3)C5)c2)ccc1Br. The molecule has 3 aliphatic rings. The molecule has 0 radical (unpaired) electrons. The zero-order chi connectivity index (χ0) is 27.3. The fraction of sp³-hybridized carbons (Fsp3) is 0.290. The predicted octanol–water partition coefficient (Wildman–Crippen LogP) is 5.48. The number of nitrogens with one attached hydrogen (secondary N) is 1. The van der Waals surface area contributed by atoms with E-state index in [-0.39, 0.29) is 47.0 Å². The normalized spacial score (nSPS) is 25.1. The van der Waals surface area contributed by atoms with E-state index in [4.69, 9.17) is 4.74 Å². The van der Waals surface area contributed by atoms with Gasteiger partial charge in [-0.2, -0.15) is 0 Å². The van der Waals surface area contributed by atoms with Gasteiger partial charge >= 0.3 is 5.97 Å². The molecule has 198 valence electrons. The van der Waals surface area contributed by atoms with E-state index in [2.05, 4.69) is 33.4 Å². The third kappa shape index (κ3) is 4.56. The standard InChI is InChI=1S/C31H27BrN2O5/c1-17-12-21(10-11-25(17)32)33-26(35)16-39-31(38)19-8-5-9-22(13-19)34-29(36)27-20-14-23(18-6-3-2-4-7-18)24(15-20)28(27)30(34)37/h2-13,20,23-24,27-28H,14-16H2,1H3,(H,33,35)/t20-,23+,24+,27+,28-/m0/s1. The predicted molar refractivity (Wildman–Crippen MR) is 149 cm³/mol. The van der Waals surface area contributed by atoms with Crippen molar-refractivity contribution in [2.24, 2.45) is 23.7 Å². The molecule has 3 aromatic rings. The second-order valence-electron chi connectivity index (χ2n) is 10.6. The van der Waals surface area contributed by atoms with Gasteiger partial charge in [0.05, 0.1) is 23.1 Å². The Balaban J connectivity index is 1.13. The van der Waals surface area contributed by atoms with Gasteiger partial charge in [-0.15, -0.1) is 0 Å². The number of imide groups is 1. The van der Waals surface area contributed by atoms with Crippen molar-refractivity contribution in [1.82, 2.24) is 0 Å². The average Bonchev–Trinajstić information content (AvgIpc) is 3.61. The average molecular weight is 587 g/mol. The van der Waals surface area contributed by atoms with Crippen LogP contribution in [0.4, 0.5) is 11.4 Å². The lowest BCUT2D eigenvalue weighted by Gasteiger charge is -2.28. The Labute approximate surface area is 234 Å². The highest BCUT2D eigenvalue weighted by Crippen LogP contribution is 2.61. The molecule has 2 aliphatic carbocycles. The first kappa shape index (κ1) is 25.5. The van der Waals surface area contributed by atoms with Crippen LogP contribution in [0.1, 0.15) is 40.2 Å². The smallest absolute Gasteiger partial charge is 0.338 e. The van der Waals surface area contributed by atoms with Gasteiger partial charge in [-0.3, -0.25) is 19.3 Å². The summed E-state index contributed by atoms with van der Waals surface area (Å²) in [5.41, 5.74) is 3.31. The Hall–Kier alpha value is -3.78. The van der Waals surface area contributed by atoms with Crippen molar-refractivity contribution in [1.29, 1.82) is 0 Å². The zero-order valence-corrected chi connectivity index (χ0v) is 22.9. The lowest BCUT2D eigenvalue weighted by atomic mass is 9.73. The van der Waals surface area contributed by atoms with Gasteiger partial charge < -0.3 is 10.1 Å². The molecule has 0 spiro atoms. The largest absolute Gasteiger partial charge is 0.452 e. The van der Waals surface area contributed by atoms with Crippen molar-refractivity contribution in [3.8, 4) is 0 Å². The summed E-state index contributed by atoms with van der Waals surface area (Å²) in [6.07, 6.45) is 1.81. The number of nitrogens with zero attached hydrogens (tertiary/aromatic N) is 1. The number of amides is 3. The first-order valence-corrected chi connectivity index (χ1v) is 13.9. The summed E-state index contributed by atoms with van der Waals surface area (Å²) in [4.78, 5) is 53.4. The molecule has 5 atom stereocenters. The summed E-state index contributed by atoms with van der Waals surface area (Å²) in [5, 5.41) is 2.70. The summed E-state index contributed by atoms with van der Waals surface area (Å²) in [7, 11) is 0. The number of ether oxygens (including phenoxy) is 1. The van der Waals surface area contributed by atoms with E-state index in [1.54, 1.807) is 30.3 Å². The maximum Gasteiger partial charge on any atom is 0.338 e. The Morgan fingerprint density at radius 3 is 2.49 bits per heavy atom. The number of carbonyl (C=O) groups excluding carboxylic acids is 4. The van der Waals surface area contributed by atoms with Gasteiger partial charge in [0.2, 0.25) is 11.8 Å².